The molecule has 4 heteroatoms. The van der Waals surface area contributed by atoms with Crippen LogP contribution in [0.5, 0.6) is 0 Å². The summed E-state index contributed by atoms with van der Waals surface area (Å²) in [6.45, 7) is 6.44. The lowest BCUT2D eigenvalue weighted by molar-refractivity contribution is 0.557. The van der Waals surface area contributed by atoms with E-state index in [1.54, 1.807) is 0 Å². The van der Waals surface area contributed by atoms with Gasteiger partial charge < -0.3 is 0 Å². The minimum Gasteiger partial charge on any atom is -0.236 e. The van der Waals surface area contributed by atoms with Crippen LogP contribution >= 0.6 is 34.2 Å². The van der Waals surface area contributed by atoms with Crippen molar-refractivity contribution in [3.63, 3.8) is 0 Å². The summed E-state index contributed by atoms with van der Waals surface area (Å²) >= 11 is 8.48. The van der Waals surface area contributed by atoms with Crippen LogP contribution in [0, 0.1) is 3.57 Å². The highest BCUT2D eigenvalue weighted by atomic mass is 127. The average Bonchev–Trinajstić information content (AvgIpc) is 2.40. The summed E-state index contributed by atoms with van der Waals surface area (Å²) in [7, 11) is 0. The summed E-state index contributed by atoms with van der Waals surface area (Å²) in [6, 6.07) is 10.4. The Bertz CT molecular complexity index is 591. The van der Waals surface area contributed by atoms with E-state index in [2.05, 4.69) is 72.6 Å². The number of halogens is 2. The van der Waals surface area contributed by atoms with Crippen LogP contribution in [0.25, 0.3) is 0 Å². The molecule has 1 heterocycles. The van der Waals surface area contributed by atoms with Crippen LogP contribution in [-0.2, 0) is 18.3 Å². The summed E-state index contributed by atoms with van der Waals surface area (Å²) in [4.78, 5) is 9.13. The molecule has 0 aliphatic carbocycles. The van der Waals surface area contributed by atoms with Crippen LogP contribution in [0.1, 0.15) is 37.9 Å². The van der Waals surface area contributed by atoms with E-state index in [9.17, 15) is 0 Å². The largest absolute Gasteiger partial charge is 0.236 e. The van der Waals surface area contributed by atoms with Crippen molar-refractivity contribution in [2.75, 3.05) is 0 Å². The number of aromatic nitrogens is 2. The van der Waals surface area contributed by atoms with E-state index in [1.807, 2.05) is 6.07 Å². The lowest BCUT2D eigenvalue weighted by atomic mass is 9.92. The Morgan fingerprint density at radius 3 is 2.30 bits per heavy atom. The fraction of sp³-hybridized carbons (Fsp3) is 0.375. The molecule has 0 aliphatic rings. The van der Waals surface area contributed by atoms with Gasteiger partial charge in [0.25, 0.3) is 0 Å². The molecule has 2 rings (SSSR count). The maximum absolute atomic E-state index is 6.25. The molecule has 0 amide bonds. The zero-order valence-electron chi connectivity index (χ0n) is 12.0. The highest BCUT2D eigenvalue weighted by Gasteiger charge is 2.22. The molecule has 0 bridgehead atoms. The number of rotatable bonds is 3. The summed E-state index contributed by atoms with van der Waals surface area (Å²) in [5.41, 5.74) is 2.30. The molecule has 1 aromatic heterocycles. The molecular formula is C16H18ClIN2. The lowest BCUT2D eigenvalue weighted by Gasteiger charge is -2.20. The smallest absolute Gasteiger partial charge is 0.146 e. The molecular weight excluding hydrogens is 383 g/mol. The molecule has 2 aromatic rings. The van der Waals surface area contributed by atoms with Gasteiger partial charge in [0, 0.05) is 11.8 Å². The van der Waals surface area contributed by atoms with Gasteiger partial charge >= 0.3 is 0 Å². The fourth-order valence-corrected chi connectivity index (χ4v) is 3.21. The summed E-state index contributed by atoms with van der Waals surface area (Å²) < 4.78 is 0.959. The molecule has 0 saturated carbocycles. The van der Waals surface area contributed by atoms with Crippen LogP contribution in [0.3, 0.4) is 0 Å². The predicted octanol–water partition coefficient (Wildman–Crippen LogP) is 4.82. The van der Waals surface area contributed by atoms with E-state index in [4.69, 9.17) is 16.6 Å². The molecule has 0 fully saturated rings. The molecule has 0 atom stereocenters. The minimum atomic E-state index is -0.0232. The third-order valence-electron chi connectivity index (χ3n) is 3.05. The van der Waals surface area contributed by atoms with Gasteiger partial charge in [-0.05, 0) is 34.6 Å². The van der Waals surface area contributed by atoms with Gasteiger partial charge in [-0.25, -0.2) is 9.97 Å². The normalized spacial score (nSPS) is 11.7. The molecule has 0 N–H and O–H groups in total. The van der Waals surface area contributed by atoms with Crippen molar-refractivity contribution in [1.29, 1.82) is 0 Å². The molecule has 0 aliphatic heterocycles. The second-order valence-corrected chi connectivity index (χ2v) is 7.27. The Morgan fingerprint density at radius 2 is 1.70 bits per heavy atom. The second-order valence-electron chi connectivity index (χ2n) is 5.83. The van der Waals surface area contributed by atoms with E-state index in [1.165, 1.54) is 5.56 Å². The maximum Gasteiger partial charge on any atom is 0.146 e. The number of aryl methyl sites for hydroxylation is 2. The van der Waals surface area contributed by atoms with Crippen molar-refractivity contribution in [2.24, 2.45) is 0 Å². The van der Waals surface area contributed by atoms with Crippen molar-refractivity contribution in [3.05, 3.63) is 56.1 Å². The summed E-state index contributed by atoms with van der Waals surface area (Å²) in [5.74, 6) is 0.823. The van der Waals surface area contributed by atoms with Gasteiger partial charge in [0.15, 0.2) is 0 Å². The number of nitrogens with zero attached hydrogens (tertiary/aromatic N) is 2. The van der Waals surface area contributed by atoms with Crippen LogP contribution < -0.4 is 0 Å². The van der Waals surface area contributed by atoms with Crippen molar-refractivity contribution >= 4 is 34.2 Å². The Morgan fingerprint density at radius 1 is 1.05 bits per heavy atom. The highest BCUT2D eigenvalue weighted by molar-refractivity contribution is 14.1. The molecule has 106 valence electrons. The van der Waals surface area contributed by atoms with Crippen molar-refractivity contribution < 1.29 is 0 Å². The zero-order valence-corrected chi connectivity index (χ0v) is 14.9. The quantitative estimate of drug-likeness (QED) is 0.545. The van der Waals surface area contributed by atoms with E-state index in [0.29, 0.717) is 5.15 Å². The first-order chi connectivity index (χ1) is 9.38. The standard InChI is InChI=1S/C16H18ClIN2/c1-16(2,3)14-13(18)15(17)20-12(19-14)10-9-11-7-5-4-6-8-11/h4-8H,9-10H2,1-3H3. The number of hydrogen-bond donors (Lipinski definition) is 0. The van der Waals surface area contributed by atoms with E-state index < -0.39 is 0 Å². The molecule has 0 spiro atoms. The predicted molar refractivity (Wildman–Crippen MR) is 92.3 cm³/mol. The van der Waals surface area contributed by atoms with Crippen molar-refractivity contribution in [3.8, 4) is 0 Å². The van der Waals surface area contributed by atoms with Crippen LogP contribution in [0.4, 0.5) is 0 Å². The van der Waals surface area contributed by atoms with Crippen LogP contribution in [-0.4, -0.2) is 9.97 Å². The molecule has 20 heavy (non-hydrogen) atoms. The fourth-order valence-electron chi connectivity index (χ4n) is 1.97. The van der Waals surface area contributed by atoms with Gasteiger partial charge in [-0.1, -0.05) is 62.7 Å². The maximum atomic E-state index is 6.25. The first-order valence-corrected chi connectivity index (χ1v) is 8.10. The molecule has 2 nitrogen and oxygen atoms in total. The molecule has 0 saturated heterocycles. The zero-order chi connectivity index (χ0) is 14.8. The molecule has 0 radical (unpaired) electrons. The second kappa shape index (κ2) is 6.39. The van der Waals surface area contributed by atoms with E-state index in [0.717, 1.165) is 27.9 Å². The highest BCUT2D eigenvalue weighted by Crippen LogP contribution is 2.29. The minimum absolute atomic E-state index is 0.0232. The first-order valence-electron chi connectivity index (χ1n) is 6.64. The van der Waals surface area contributed by atoms with Crippen molar-refractivity contribution in [1.82, 2.24) is 9.97 Å². The van der Waals surface area contributed by atoms with Gasteiger partial charge in [-0.3, -0.25) is 0 Å². The number of benzene rings is 1. The van der Waals surface area contributed by atoms with Crippen LogP contribution in [0.15, 0.2) is 30.3 Å². The van der Waals surface area contributed by atoms with Gasteiger partial charge in [-0.2, -0.15) is 0 Å². The molecule has 0 unspecified atom stereocenters. The van der Waals surface area contributed by atoms with Crippen molar-refractivity contribution in [2.45, 2.75) is 39.0 Å². The Balaban J connectivity index is 2.23. The number of hydrogen-bond acceptors (Lipinski definition) is 2. The Labute approximate surface area is 139 Å². The third kappa shape index (κ3) is 3.92. The third-order valence-corrected chi connectivity index (χ3v) is 4.66. The summed E-state index contributed by atoms with van der Waals surface area (Å²) in [6.07, 6.45) is 1.74. The van der Waals surface area contributed by atoms with Gasteiger partial charge in [0.1, 0.15) is 11.0 Å². The topological polar surface area (TPSA) is 25.8 Å². The lowest BCUT2D eigenvalue weighted by Crippen LogP contribution is -2.18. The Kier molecular flexibility index (Phi) is 5.02. The molecule has 1 aromatic carbocycles. The van der Waals surface area contributed by atoms with E-state index >= 15 is 0 Å². The Hall–Kier alpha value is -0.680. The van der Waals surface area contributed by atoms with Gasteiger partial charge in [0.05, 0.1) is 9.26 Å². The van der Waals surface area contributed by atoms with Gasteiger partial charge in [0.2, 0.25) is 0 Å². The van der Waals surface area contributed by atoms with Crippen LogP contribution in [0.2, 0.25) is 5.15 Å². The monoisotopic (exact) mass is 400 g/mol. The first kappa shape index (κ1) is 15.7. The summed E-state index contributed by atoms with van der Waals surface area (Å²) in [5, 5.41) is 0.564. The van der Waals surface area contributed by atoms with Gasteiger partial charge in [-0.15, -0.1) is 0 Å². The SMILES string of the molecule is CC(C)(C)c1nc(CCc2ccccc2)nc(Cl)c1I. The van der Waals surface area contributed by atoms with E-state index in [-0.39, 0.29) is 5.41 Å². The average molecular weight is 401 g/mol.